The Morgan fingerprint density at radius 3 is 2.65 bits per heavy atom. The van der Waals surface area contributed by atoms with Crippen LogP contribution in [0.25, 0.3) is 22.3 Å². The Balaban J connectivity index is 2.19. The van der Waals surface area contributed by atoms with Gasteiger partial charge in [-0.05, 0) is 25.3 Å². The maximum Gasteiger partial charge on any atom is 0.179 e. The molecule has 0 fully saturated rings. The fraction of sp³-hybridized carbons (Fsp3) is 0.188. The van der Waals surface area contributed by atoms with Crippen molar-refractivity contribution in [2.24, 2.45) is 0 Å². The van der Waals surface area contributed by atoms with Gasteiger partial charge in [-0.3, -0.25) is 4.98 Å². The highest BCUT2D eigenvalue weighted by Gasteiger charge is 2.12. The standard InChI is InChI=1S/C16H14ClN3/c1-10(17)14-9-19-16(20-11(14)2)15-13-6-4-3-5-12(13)7-8-18-15/h3-10H,1-2H3. The number of alkyl halides is 1. The normalized spacial score (nSPS) is 12.6. The van der Waals surface area contributed by atoms with Crippen LogP contribution in [0.5, 0.6) is 0 Å². The lowest BCUT2D eigenvalue weighted by molar-refractivity contribution is 0.972. The number of hydrogen-bond donors (Lipinski definition) is 0. The first-order valence-corrected chi connectivity index (χ1v) is 6.92. The molecular formula is C16H14ClN3. The van der Waals surface area contributed by atoms with Crippen LogP contribution >= 0.6 is 11.6 Å². The first kappa shape index (κ1) is 13.0. The summed E-state index contributed by atoms with van der Waals surface area (Å²) in [7, 11) is 0. The van der Waals surface area contributed by atoms with Crippen molar-refractivity contribution < 1.29 is 0 Å². The Morgan fingerprint density at radius 2 is 1.90 bits per heavy atom. The van der Waals surface area contributed by atoms with Crippen LogP contribution < -0.4 is 0 Å². The second-order valence-corrected chi connectivity index (χ2v) is 5.39. The fourth-order valence-electron chi connectivity index (χ4n) is 2.28. The van der Waals surface area contributed by atoms with Crippen LogP contribution in [-0.4, -0.2) is 15.0 Å². The van der Waals surface area contributed by atoms with Gasteiger partial charge in [-0.15, -0.1) is 11.6 Å². The highest BCUT2D eigenvalue weighted by molar-refractivity contribution is 6.20. The summed E-state index contributed by atoms with van der Waals surface area (Å²) in [6.45, 7) is 3.87. The molecule has 0 amide bonds. The zero-order valence-electron chi connectivity index (χ0n) is 11.3. The van der Waals surface area contributed by atoms with E-state index in [0.717, 1.165) is 27.7 Å². The van der Waals surface area contributed by atoms with Gasteiger partial charge >= 0.3 is 0 Å². The van der Waals surface area contributed by atoms with Gasteiger partial charge < -0.3 is 0 Å². The van der Waals surface area contributed by atoms with E-state index in [0.29, 0.717) is 5.82 Å². The lowest BCUT2D eigenvalue weighted by Crippen LogP contribution is -2.00. The molecule has 0 N–H and O–H groups in total. The number of halogens is 1. The minimum Gasteiger partial charge on any atom is -0.252 e. The van der Waals surface area contributed by atoms with Gasteiger partial charge in [-0.25, -0.2) is 9.97 Å². The number of pyridine rings is 1. The molecule has 0 aliphatic rings. The number of aryl methyl sites for hydroxylation is 1. The molecule has 1 unspecified atom stereocenters. The Bertz CT molecular complexity index is 763. The third-order valence-corrected chi connectivity index (χ3v) is 3.57. The minimum atomic E-state index is -0.0930. The molecule has 0 saturated heterocycles. The minimum absolute atomic E-state index is 0.0930. The third-order valence-electron chi connectivity index (χ3n) is 3.33. The summed E-state index contributed by atoms with van der Waals surface area (Å²) in [5.41, 5.74) is 2.66. The topological polar surface area (TPSA) is 38.7 Å². The summed E-state index contributed by atoms with van der Waals surface area (Å²) >= 11 is 6.11. The maximum atomic E-state index is 6.11. The molecule has 0 aliphatic heterocycles. The van der Waals surface area contributed by atoms with Crippen molar-refractivity contribution in [1.29, 1.82) is 0 Å². The molecule has 100 valence electrons. The van der Waals surface area contributed by atoms with Gasteiger partial charge in [0, 0.05) is 29.0 Å². The molecule has 20 heavy (non-hydrogen) atoms. The van der Waals surface area contributed by atoms with Crippen LogP contribution in [0.2, 0.25) is 0 Å². The van der Waals surface area contributed by atoms with Crippen LogP contribution in [-0.2, 0) is 0 Å². The number of hydrogen-bond acceptors (Lipinski definition) is 3. The van der Waals surface area contributed by atoms with Gasteiger partial charge in [0.05, 0.1) is 5.38 Å². The summed E-state index contributed by atoms with van der Waals surface area (Å²) in [5.74, 6) is 0.639. The van der Waals surface area contributed by atoms with Crippen LogP contribution in [0.15, 0.2) is 42.7 Å². The first-order chi connectivity index (χ1) is 9.66. The molecule has 0 radical (unpaired) electrons. The monoisotopic (exact) mass is 283 g/mol. The molecule has 3 nitrogen and oxygen atoms in total. The van der Waals surface area contributed by atoms with Crippen LogP contribution in [0.4, 0.5) is 0 Å². The number of rotatable bonds is 2. The van der Waals surface area contributed by atoms with E-state index >= 15 is 0 Å². The van der Waals surface area contributed by atoms with E-state index in [1.807, 2.05) is 38.1 Å². The van der Waals surface area contributed by atoms with Crippen molar-refractivity contribution in [1.82, 2.24) is 15.0 Å². The molecular weight excluding hydrogens is 270 g/mol. The summed E-state index contributed by atoms with van der Waals surface area (Å²) < 4.78 is 0. The van der Waals surface area contributed by atoms with Gasteiger partial charge in [-0.1, -0.05) is 24.3 Å². The molecule has 3 rings (SSSR count). The Hall–Kier alpha value is -2.00. The zero-order chi connectivity index (χ0) is 14.1. The molecule has 2 heterocycles. The molecule has 1 aromatic carbocycles. The zero-order valence-corrected chi connectivity index (χ0v) is 12.1. The van der Waals surface area contributed by atoms with E-state index in [4.69, 9.17) is 11.6 Å². The molecule has 2 aromatic heterocycles. The van der Waals surface area contributed by atoms with Crippen molar-refractivity contribution in [3.63, 3.8) is 0 Å². The summed E-state index contributed by atoms with van der Waals surface area (Å²) in [6, 6.07) is 10.1. The van der Waals surface area contributed by atoms with Crippen LogP contribution in [0.3, 0.4) is 0 Å². The highest BCUT2D eigenvalue weighted by Crippen LogP contribution is 2.26. The maximum absolute atomic E-state index is 6.11. The second kappa shape index (κ2) is 5.17. The lowest BCUT2D eigenvalue weighted by Gasteiger charge is -2.09. The molecule has 4 heteroatoms. The third kappa shape index (κ3) is 2.25. The van der Waals surface area contributed by atoms with Crippen molar-refractivity contribution in [2.45, 2.75) is 19.2 Å². The smallest absolute Gasteiger partial charge is 0.179 e. The Kier molecular flexibility index (Phi) is 3.36. The molecule has 0 bridgehead atoms. The average Bonchev–Trinajstić information content (AvgIpc) is 2.46. The Labute approximate surface area is 122 Å². The summed E-state index contributed by atoms with van der Waals surface area (Å²) in [6.07, 6.45) is 3.58. The quantitative estimate of drug-likeness (QED) is 0.658. The molecule has 3 aromatic rings. The predicted octanol–water partition coefficient (Wildman–Crippen LogP) is 4.30. The van der Waals surface area contributed by atoms with Crippen molar-refractivity contribution in [2.75, 3.05) is 0 Å². The van der Waals surface area contributed by atoms with Gasteiger partial charge in [0.1, 0.15) is 5.69 Å². The number of fused-ring (bicyclic) bond motifs is 1. The molecule has 0 saturated carbocycles. The lowest BCUT2D eigenvalue weighted by atomic mass is 10.1. The second-order valence-electron chi connectivity index (χ2n) is 4.73. The van der Waals surface area contributed by atoms with Gasteiger partial charge in [0.15, 0.2) is 5.82 Å². The summed E-state index contributed by atoms with van der Waals surface area (Å²) in [5, 5.41) is 2.10. The highest BCUT2D eigenvalue weighted by atomic mass is 35.5. The van der Waals surface area contributed by atoms with E-state index in [1.165, 1.54) is 0 Å². The molecule has 1 atom stereocenters. The number of benzene rings is 1. The van der Waals surface area contributed by atoms with Crippen molar-refractivity contribution >= 4 is 22.4 Å². The van der Waals surface area contributed by atoms with E-state index in [9.17, 15) is 0 Å². The van der Waals surface area contributed by atoms with E-state index in [2.05, 4.69) is 21.0 Å². The van der Waals surface area contributed by atoms with E-state index in [1.54, 1.807) is 12.4 Å². The van der Waals surface area contributed by atoms with Crippen molar-refractivity contribution in [3.8, 4) is 11.5 Å². The largest absolute Gasteiger partial charge is 0.252 e. The number of aromatic nitrogens is 3. The van der Waals surface area contributed by atoms with Gasteiger partial charge in [-0.2, -0.15) is 0 Å². The number of nitrogens with zero attached hydrogens (tertiary/aromatic N) is 3. The van der Waals surface area contributed by atoms with Crippen molar-refractivity contribution in [3.05, 3.63) is 54.0 Å². The van der Waals surface area contributed by atoms with Crippen LogP contribution in [0.1, 0.15) is 23.6 Å². The van der Waals surface area contributed by atoms with Gasteiger partial charge in [0.25, 0.3) is 0 Å². The SMILES string of the molecule is Cc1nc(-c2nccc3ccccc23)ncc1C(C)Cl. The van der Waals surface area contributed by atoms with E-state index in [-0.39, 0.29) is 5.38 Å². The molecule has 0 spiro atoms. The van der Waals surface area contributed by atoms with Crippen LogP contribution in [0, 0.1) is 6.92 Å². The average molecular weight is 284 g/mol. The first-order valence-electron chi connectivity index (χ1n) is 6.48. The van der Waals surface area contributed by atoms with E-state index < -0.39 is 0 Å². The fourth-order valence-corrected chi connectivity index (χ4v) is 2.49. The Morgan fingerprint density at radius 1 is 1.10 bits per heavy atom. The summed E-state index contributed by atoms with van der Waals surface area (Å²) in [4.78, 5) is 13.4. The predicted molar refractivity (Wildman–Crippen MR) is 81.8 cm³/mol. The molecule has 0 aliphatic carbocycles. The van der Waals surface area contributed by atoms with Gasteiger partial charge in [0.2, 0.25) is 0 Å².